The SMILES string of the molecule is c1ccc(CP([C@]23CC4CC5C6C[C@H](CC52)C[C@@H]3[C@H]6C4)[C@]23CC4CC5C6C[C@H](CC52)C[C@@H]3[C@H]6C4)c(CP([C@]23CC4CC5C6C[C@H](CC52)C[C@@H]3[C@H]6C4)[C@]23CC4CC5C6C[C@H](CC52)C[C@@H]3[C@H]6C4)c1. The molecule has 0 nitrogen and oxygen atoms in total. The first kappa shape index (κ1) is 37.8. The lowest BCUT2D eigenvalue weighted by atomic mass is 9.35. The van der Waals surface area contributed by atoms with Gasteiger partial charge < -0.3 is 0 Å². The molecule has 28 saturated carbocycles. The van der Waals surface area contributed by atoms with E-state index in [1.54, 1.807) is 166 Å². The first-order chi connectivity index (χ1) is 32.5. The van der Waals surface area contributed by atoms with Gasteiger partial charge in [-0.2, -0.15) is 0 Å². The minimum absolute atomic E-state index is 0.0562. The van der Waals surface area contributed by atoms with E-state index in [9.17, 15) is 0 Å². The van der Waals surface area contributed by atoms with Gasteiger partial charge in [0.2, 0.25) is 0 Å². The molecule has 66 heavy (non-hydrogen) atoms. The summed E-state index contributed by atoms with van der Waals surface area (Å²) in [4.78, 5) is 0. The Hall–Kier alpha value is 0.0800. The average molecular weight is 915 g/mol. The fourth-order valence-corrected chi connectivity index (χ4v) is 43.8. The third-order valence-corrected chi connectivity index (χ3v) is 40.6. The molecule has 28 fully saturated rings. The first-order valence-electron chi connectivity index (χ1n) is 31.1. The Morgan fingerprint density at radius 1 is 0.273 bits per heavy atom. The molecule has 350 valence electrons. The molecular formula is C64H84P2. The molecule has 0 saturated heterocycles. The van der Waals surface area contributed by atoms with Crippen molar-refractivity contribution in [2.45, 2.75) is 187 Å². The summed E-state index contributed by atoms with van der Waals surface area (Å²) < 4.78 is 0. The monoisotopic (exact) mass is 915 g/mol. The van der Waals surface area contributed by atoms with Crippen LogP contribution in [0.1, 0.15) is 165 Å². The Balaban J connectivity index is 0.760. The Labute approximate surface area is 401 Å². The zero-order valence-electron chi connectivity index (χ0n) is 40.8. The molecule has 29 rings (SSSR count). The highest BCUT2D eigenvalue weighted by Crippen LogP contribution is 2.93. The summed E-state index contributed by atoms with van der Waals surface area (Å²) in [6.07, 6.45) is 44.2. The molecule has 32 bridgehead atoms. The second-order valence-electron chi connectivity index (χ2n) is 32.2. The van der Waals surface area contributed by atoms with Crippen LogP contribution in [0, 0.1) is 166 Å². The van der Waals surface area contributed by atoms with Crippen LogP contribution in [0.5, 0.6) is 0 Å². The number of benzene rings is 1. The van der Waals surface area contributed by atoms with Gasteiger partial charge in [0.1, 0.15) is 0 Å². The molecule has 32 atom stereocenters. The van der Waals surface area contributed by atoms with Gasteiger partial charge in [0.15, 0.2) is 0 Å². The number of hydrogen-bond acceptors (Lipinski definition) is 0. The van der Waals surface area contributed by atoms with Crippen molar-refractivity contribution >= 4 is 15.8 Å². The van der Waals surface area contributed by atoms with Crippen molar-refractivity contribution in [3.05, 3.63) is 35.4 Å². The average Bonchev–Trinajstić information content (AvgIpc) is 3.35. The van der Waals surface area contributed by atoms with Gasteiger partial charge in [0.25, 0.3) is 0 Å². The van der Waals surface area contributed by atoms with Crippen molar-refractivity contribution in [3.8, 4) is 0 Å². The topological polar surface area (TPSA) is 0 Å². The molecule has 0 aliphatic heterocycles. The Bertz CT molecular complexity index is 1970. The van der Waals surface area contributed by atoms with Crippen molar-refractivity contribution in [1.82, 2.24) is 0 Å². The summed E-state index contributed by atoms with van der Waals surface area (Å²) in [5.74, 6) is 32.2. The summed E-state index contributed by atoms with van der Waals surface area (Å²) >= 11 is 0. The maximum Gasteiger partial charge on any atom is -0.00215 e. The molecule has 2 heteroatoms. The van der Waals surface area contributed by atoms with Crippen LogP contribution in [0.2, 0.25) is 0 Å². The molecule has 1 aromatic rings. The highest BCUT2D eigenvalue weighted by atomic mass is 31.1. The second kappa shape index (κ2) is 11.9. The fourth-order valence-electron chi connectivity index (χ4n) is 32.2. The summed E-state index contributed by atoms with van der Waals surface area (Å²) in [6, 6.07) is 11.2. The van der Waals surface area contributed by atoms with E-state index in [0.717, 1.165) is 163 Å². The van der Waals surface area contributed by atoms with Crippen LogP contribution in [0.3, 0.4) is 0 Å². The predicted molar refractivity (Wildman–Crippen MR) is 267 cm³/mol. The number of hydrogen-bond donors (Lipinski definition) is 0. The lowest BCUT2D eigenvalue weighted by Gasteiger charge is -2.82. The van der Waals surface area contributed by atoms with Gasteiger partial charge in [-0.05, 0) is 364 Å². The molecule has 0 radical (unpaired) electrons. The molecule has 16 unspecified atom stereocenters. The maximum absolute atomic E-state index is 2.95. The molecule has 0 amide bonds. The predicted octanol–water partition coefficient (Wildman–Crippen LogP) is 15.5. The van der Waals surface area contributed by atoms with E-state index in [-0.39, 0.29) is 15.8 Å². The van der Waals surface area contributed by atoms with E-state index in [1.165, 1.54) is 23.7 Å². The van der Waals surface area contributed by atoms with Crippen LogP contribution in [0.25, 0.3) is 0 Å². The molecule has 1 aromatic carbocycles. The third kappa shape index (κ3) is 3.92. The van der Waals surface area contributed by atoms with Crippen molar-refractivity contribution in [1.29, 1.82) is 0 Å². The molecule has 0 aromatic heterocycles. The van der Waals surface area contributed by atoms with E-state index in [0.29, 0.717) is 0 Å². The molecule has 28 aliphatic rings. The Morgan fingerprint density at radius 3 is 0.712 bits per heavy atom. The van der Waals surface area contributed by atoms with Crippen LogP contribution in [-0.4, -0.2) is 20.6 Å². The largest absolute Gasteiger partial charge is 0.0883 e. The summed E-state index contributed by atoms with van der Waals surface area (Å²) in [7, 11) is -0.112. The highest BCUT2D eigenvalue weighted by molar-refractivity contribution is 7.61. The van der Waals surface area contributed by atoms with Crippen molar-refractivity contribution in [2.24, 2.45) is 166 Å². The van der Waals surface area contributed by atoms with Crippen molar-refractivity contribution < 1.29 is 0 Å². The summed E-state index contributed by atoms with van der Waals surface area (Å²) in [5, 5.41) is 3.10. The van der Waals surface area contributed by atoms with E-state index < -0.39 is 0 Å². The molecule has 0 spiro atoms. The van der Waals surface area contributed by atoms with E-state index in [1.807, 2.05) is 0 Å². The van der Waals surface area contributed by atoms with E-state index in [2.05, 4.69) is 35.4 Å². The number of rotatable bonds is 8. The molecule has 0 N–H and O–H groups in total. The van der Waals surface area contributed by atoms with Crippen LogP contribution in [0.4, 0.5) is 0 Å². The zero-order chi connectivity index (χ0) is 41.7. The lowest BCUT2D eigenvalue weighted by molar-refractivity contribution is -0.203. The standard InChI is InChI=1S/C64H84P2/c1-2-4-40(30-66(63-27-37-13-49-43-7-33(21-57(49)63)22-58(63)50(43)14-37)64-28-38-15-51-44-8-34(23-59(51)64)24-60(64)52(44)16-38)39(3-1)29-65(61-25-35-9-45-41-5-31(17-53(45)61)18-54(61)46(41)10-35)62-26-36-11-47-42-6-32(19-55(47)62)20-56(62)48(42)12-36/h1-4,31-38,41-60H,5-30H2/t31-,32-,33-,34-,35?,36?,37?,38?,41?,42?,43?,44?,45-,46?,47-,48?,49-,50?,51-,52?,53+,54?,55+,56?,57+,58?,59+,60?,61-,62-,63-,64-,65?,66?/m0/s1. The third-order valence-electron chi connectivity index (χ3n) is 31.9. The minimum Gasteiger partial charge on any atom is -0.0883 e. The normalized spacial score (nSPS) is 69.2. The van der Waals surface area contributed by atoms with Gasteiger partial charge in [-0.25, -0.2) is 0 Å². The summed E-state index contributed by atoms with van der Waals surface area (Å²) in [5.41, 5.74) is 4.12. The highest BCUT2D eigenvalue weighted by Gasteiger charge is 2.81. The maximum atomic E-state index is 2.95. The Morgan fingerprint density at radius 2 is 0.485 bits per heavy atom. The molecule has 28 aliphatic carbocycles. The van der Waals surface area contributed by atoms with E-state index >= 15 is 0 Å². The first-order valence-corrected chi connectivity index (χ1v) is 34.1. The summed E-state index contributed by atoms with van der Waals surface area (Å²) in [6.45, 7) is 0. The smallest absolute Gasteiger partial charge is 0.00215 e. The lowest BCUT2D eigenvalue weighted by Crippen LogP contribution is -2.75. The fraction of sp³-hybridized carbons (Fsp3) is 0.906. The van der Waals surface area contributed by atoms with Gasteiger partial charge in [0, 0.05) is 0 Å². The van der Waals surface area contributed by atoms with Crippen molar-refractivity contribution in [2.75, 3.05) is 0 Å². The van der Waals surface area contributed by atoms with Gasteiger partial charge in [-0.15, -0.1) is 0 Å². The second-order valence-corrected chi connectivity index (χ2v) is 37.9. The quantitative estimate of drug-likeness (QED) is 0.228. The molecule has 0 heterocycles. The van der Waals surface area contributed by atoms with Crippen LogP contribution in [-0.2, 0) is 12.3 Å². The zero-order valence-corrected chi connectivity index (χ0v) is 42.5. The van der Waals surface area contributed by atoms with Gasteiger partial charge in [-0.3, -0.25) is 0 Å². The van der Waals surface area contributed by atoms with Crippen LogP contribution in [0.15, 0.2) is 24.3 Å². The van der Waals surface area contributed by atoms with Crippen LogP contribution < -0.4 is 0 Å². The van der Waals surface area contributed by atoms with Gasteiger partial charge >= 0.3 is 0 Å². The van der Waals surface area contributed by atoms with Gasteiger partial charge in [0.05, 0.1) is 0 Å². The minimum atomic E-state index is -0.0562. The molecular weight excluding hydrogens is 831 g/mol. The van der Waals surface area contributed by atoms with Gasteiger partial charge in [-0.1, -0.05) is 40.1 Å². The van der Waals surface area contributed by atoms with E-state index in [4.69, 9.17) is 0 Å². The van der Waals surface area contributed by atoms with Crippen LogP contribution >= 0.6 is 15.8 Å². The Kier molecular flexibility index (Phi) is 6.79. The van der Waals surface area contributed by atoms with Crippen molar-refractivity contribution in [3.63, 3.8) is 0 Å².